The monoisotopic (exact) mass is 372 g/mol. The molecule has 1 aromatic rings. The molecule has 1 atom stereocenters. The second-order valence-corrected chi connectivity index (χ2v) is 5.40. The molecule has 1 aromatic carbocycles. The van der Waals surface area contributed by atoms with E-state index < -0.39 is 30.5 Å². The molecule has 142 valence electrons. The number of carboxylic acid groups (broad SMARTS) is 1. The topological polar surface area (TPSA) is 117 Å². The third-order valence-corrected chi connectivity index (χ3v) is 3.40. The van der Waals surface area contributed by atoms with Crippen molar-refractivity contribution in [3.05, 3.63) is 24.0 Å². The summed E-state index contributed by atoms with van der Waals surface area (Å²) in [7, 11) is 0. The highest BCUT2D eigenvalue weighted by molar-refractivity contribution is 5.90. The molecule has 1 aliphatic heterocycles. The lowest BCUT2D eigenvalue weighted by molar-refractivity contribution is -0.142. The number of halogens is 1. The Kier molecular flexibility index (Phi) is 5.74. The van der Waals surface area contributed by atoms with Crippen molar-refractivity contribution >= 4 is 29.3 Å². The lowest BCUT2D eigenvalue weighted by Crippen LogP contribution is -2.33. The summed E-state index contributed by atoms with van der Waals surface area (Å²) >= 11 is 0. The van der Waals surface area contributed by atoms with Crippen LogP contribution in [0.3, 0.4) is 0 Å². The number of cyclic esters (lactones) is 1. The summed E-state index contributed by atoms with van der Waals surface area (Å²) in [6.07, 6.45) is -1.20. The molecule has 0 spiro atoms. The number of carboxylic acids is 1. The van der Waals surface area contributed by atoms with Gasteiger partial charge in [0.2, 0.25) is 5.91 Å². The van der Waals surface area contributed by atoms with Crippen LogP contribution >= 0.6 is 0 Å². The molecule has 2 rings (SSSR count). The minimum atomic E-state index is -2.83. The van der Waals surface area contributed by atoms with Crippen LogP contribution < -0.4 is 15.5 Å². The molecule has 0 aromatic heterocycles. The molecule has 0 bridgehead atoms. The zero-order chi connectivity index (χ0) is 20.9. The maximum absolute atomic E-state index is 14.3. The highest BCUT2D eigenvalue weighted by atomic mass is 19.1. The van der Waals surface area contributed by atoms with Gasteiger partial charge in [-0.05, 0) is 18.2 Å². The van der Waals surface area contributed by atoms with E-state index in [-0.39, 0.29) is 43.5 Å². The number of hydrogen-bond donors (Lipinski definition) is 3. The lowest BCUT2D eigenvalue weighted by Gasteiger charge is -2.15. The van der Waals surface area contributed by atoms with Crippen LogP contribution in [0.1, 0.15) is 9.67 Å². The first-order valence-corrected chi connectivity index (χ1v) is 7.73. The zero-order valence-corrected chi connectivity index (χ0v) is 14.0. The van der Waals surface area contributed by atoms with Gasteiger partial charge in [0.15, 0.2) is 0 Å². The van der Waals surface area contributed by atoms with Crippen molar-refractivity contribution in [2.45, 2.75) is 13.0 Å². The molecule has 9 nitrogen and oxygen atoms in total. The average molecular weight is 372 g/mol. The van der Waals surface area contributed by atoms with Gasteiger partial charge < -0.3 is 25.2 Å². The fraction of sp³-hybridized carbons (Fsp3) is 0.438. The molecule has 0 saturated carbocycles. The van der Waals surface area contributed by atoms with Gasteiger partial charge in [0.05, 0.1) is 33.8 Å². The second-order valence-electron chi connectivity index (χ2n) is 5.40. The number of carbonyl (C=O) groups is 3. The van der Waals surface area contributed by atoms with Gasteiger partial charge >= 0.3 is 12.1 Å². The van der Waals surface area contributed by atoms with Crippen LogP contribution in [0, 0.1) is 5.82 Å². The predicted molar refractivity (Wildman–Crippen MR) is 89.6 cm³/mol. The van der Waals surface area contributed by atoms with E-state index in [0.29, 0.717) is 0 Å². The first-order valence-electron chi connectivity index (χ1n) is 8.73. The number of carbonyl (C=O) groups excluding carboxylic acids is 2. The predicted octanol–water partition coefficient (Wildman–Crippen LogP) is 0.800. The Morgan fingerprint density at radius 3 is 2.96 bits per heavy atom. The molecule has 1 saturated heterocycles. The summed E-state index contributed by atoms with van der Waals surface area (Å²) in [5, 5.41) is 13.8. The summed E-state index contributed by atoms with van der Waals surface area (Å²) in [5.41, 5.74) is 0.349. The van der Waals surface area contributed by atoms with Crippen LogP contribution in [0.2, 0.25) is 0 Å². The normalized spacial score (nSPS) is 18.0. The van der Waals surface area contributed by atoms with Crippen molar-refractivity contribution in [1.29, 1.82) is 0 Å². The Morgan fingerprint density at radius 2 is 2.31 bits per heavy atom. The van der Waals surface area contributed by atoms with Gasteiger partial charge in [0.25, 0.3) is 0 Å². The largest absolute Gasteiger partial charge is 0.480 e. The van der Waals surface area contributed by atoms with E-state index in [1.54, 1.807) is 0 Å². The van der Waals surface area contributed by atoms with Crippen molar-refractivity contribution in [2.75, 3.05) is 43.0 Å². The van der Waals surface area contributed by atoms with E-state index in [1.807, 2.05) is 0 Å². The summed E-state index contributed by atoms with van der Waals surface area (Å²) in [6, 6.07) is 4.00. The third kappa shape index (κ3) is 5.59. The second kappa shape index (κ2) is 8.99. The number of ether oxygens (including phenoxy) is 2. The molecule has 1 aliphatic rings. The fourth-order valence-corrected chi connectivity index (χ4v) is 2.26. The number of benzene rings is 1. The van der Waals surface area contributed by atoms with E-state index in [1.165, 1.54) is 24.0 Å². The van der Waals surface area contributed by atoms with Gasteiger partial charge in [-0.1, -0.05) is 0 Å². The van der Waals surface area contributed by atoms with Crippen LogP contribution in [-0.4, -0.2) is 62.0 Å². The zero-order valence-electron chi connectivity index (χ0n) is 16.0. The number of anilines is 2. The number of nitrogens with one attached hydrogen (secondary N) is 2. The molecule has 10 heteroatoms. The van der Waals surface area contributed by atoms with Crippen molar-refractivity contribution in [1.82, 2.24) is 5.32 Å². The molecule has 1 fully saturated rings. The van der Waals surface area contributed by atoms with E-state index in [9.17, 15) is 18.8 Å². The van der Waals surface area contributed by atoms with Gasteiger partial charge in [0.1, 0.15) is 18.5 Å². The molecule has 3 N–H and O–H groups in total. The first kappa shape index (κ1) is 16.6. The molecule has 0 unspecified atom stereocenters. The number of hydrogen-bond acceptors (Lipinski definition) is 6. The number of amides is 2. The van der Waals surface area contributed by atoms with Crippen molar-refractivity contribution < 1.29 is 36.1 Å². The Bertz CT molecular complexity index is 764. The Labute approximate surface area is 151 Å². The fourth-order valence-electron chi connectivity index (χ4n) is 2.26. The Morgan fingerprint density at radius 1 is 1.54 bits per heavy atom. The van der Waals surface area contributed by atoms with Crippen LogP contribution in [0.25, 0.3) is 0 Å². The van der Waals surface area contributed by atoms with E-state index in [4.69, 9.17) is 12.6 Å². The van der Waals surface area contributed by atoms with Crippen LogP contribution in [0.15, 0.2) is 18.2 Å². The van der Waals surface area contributed by atoms with E-state index >= 15 is 0 Å². The minimum absolute atomic E-state index is 0.0341. The molecule has 1 heterocycles. The Hall–Kier alpha value is -2.88. The van der Waals surface area contributed by atoms with Gasteiger partial charge in [-0.15, -0.1) is 0 Å². The minimum Gasteiger partial charge on any atom is -0.480 e. The summed E-state index contributed by atoms with van der Waals surface area (Å²) in [5.74, 6) is -2.68. The van der Waals surface area contributed by atoms with Crippen LogP contribution in [0.5, 0.6) is 0 Å². The molecule has 0 radical (unpaired) electrons. The van der Waals surface area contributed by atoms with Gasteiger partial charge in [-0.25, -0.2) is 14.0 Å². The highest BCUT2D eigenvalue weighted by Crippen LogP contribution is 2.25. The molecule has 26 heavy (non-hydrogen) atoms. The summed E-state index contributed by atoms with van der Waals surface area (Å²) < 4.78 is 38.1. The van der Waals surface area contributed by atoms with Crippen LogP contribution in [-0.2, 0) is 19.1 Å². The SMILES string of the molecule is [2H]C([2H])(OCCNc1ccc(N2C[C@H](CNC(C)=O)OC2=O)cc1F)[13C](=O)O. The van der Waals surface area contributed by atoms with Gasteiger partial charge in [0, 0.05) is 13.5 Å². The van der Waals surface area contributed by atoms with Crippen LogP contribution in [0.4, 0.5) is 20.6 Å². The summed E-state index contributed by atoms with van der Waals surface area (Å²) in [6.45, 7) is -1.51. The summed E-state index contributed by atoms with van der Waals surface area (Å²) in [4.78, 5) is 34.7. The molecular weight excluding hydrogens is 350 g/mol. The van der Waals surface area contributed by atoms with E-state index in [2.05, 4.69) is 15.4 Å². The van der Waals surface area contributed by atoms with Gasteiger partial charge in [-0.3, -0.25) is 9.69 Å². The highest BCUT2D eigenvalue weighted by Gasteiger charge is 2.32. The molecule has 0 aliphatic carbocycles. The number of aliphatic carboxylic acids is 1. The maximum atomic E-state index is 14.3. The number of nitrogens with zero attached hydrogens (tertiary/aromatic N) is 1. The molecular formula is C16H20FN3O6. The van der Waals surface area contributed by atoms with Gasteiger partial charge in [-0.2, -0.15) is 0 Å². The maximum Gasteiger partial charge on any atom is 0.414 e. The quantitative estimate of drug-likeness (QED) is 0.433. The molecule has 2 amide bonds. The number of rotatable bonds is 9. The Balaban J connectivity index is 1.90. The van der Waals surface area contributed by atoms with Crippen molar-refractivity contribution in [3.8, 4) is 0 Å². The van der Waals surface area contributed by atoms with Crippen molar-refractivity contribution in [2.24, 2.45) is 0 Å². The smallest absolute Gasteiger partial charge is 0.414 e. The third-order valence-electron chi connectivity index (χ3n) is 3.40. The van der Waals surface area contributed by atoms with E-state index in [0.717, 1.165) is 6.07 Å². The first-order chi connectivity index (χ1) is 13.1. The standard InChI is InChI=1S/C16H20FN3O6/c1-10(21)19-7-12-8-20(16(24)26-12)11-2-3-14(13(17)6-11)18-4-5-25-9-15(22)23/h2-3,6,12,18H,4-5,7-9H2,1H3,(H,19,21)(H,22,23)/t12-/m0/s1/i9D2,15+1. The lowest BCUT2D eigenvalue weighted by atomic mass is 10.2. The average Bonchev–Trinajstić information content (AvgIpc) is 2.98. The van der Waals surface area contributed by atoms with Crippen molar-refractivity contribution in [3.63, 3.8) is 0 Å².